The molecule has 3 heterocycles. The Morgan fingerprint density at radius 3 is 2.72 bits per heavy atom. The second-order valence-corrected chi connectivity index (χ2v) is 5.03. The molecule has 0 aliphatic carbocycles. The number of H-pyrrole nitrogens is 1. The highest BCUT2D eigenvalue weighted by molar-refractivity contribution is 5.61. The number of hydrogen-bond acceptors (Lipinski definition) is 3. The Bertz CT molecular complexity index is 535. The molecule has 0 amide bonds. The fourth-order valence-corrected chi connectivity index (χ4v) is 2.67. The van der Waals surface area contributed by atoms with Crippen molar-refractivity contribution in [1.82, 2.24) is 15.3 Å². The third-order valence-electron chi connectivity index (χ3n) is 3.65. The molecule has 0 aromatic carbocycles. The molecular formula is C14H19N3O. The van der Waals surface area contributed by atoms with Crippen molar-refractivity contribution in [2.24, 2.45) is 0 Å². The van der Waals surface area contributed by atoms with E-state index in [9.17, 15) is 0 Å². The predicted octanol–water partition coefficient (Wildman–Crippen LogP) is 2.75. The summed E-state index contributed by atoms with van der Waals surface area (Å²) < 4.78 is 5.57. The van der Waals surface area contributed by atoms with Crippen LogP contribution in [0.5, 0.6) is 0 Å². The normalized spacial score (nSPS) is 17.2. The molecule has 1 saturated heterocycles. The molecule has 0 spiro atoms. The smallest absolute Gasteiger partial charge is 0.110 e. The average molecular weight is 245 g/mol. The van der Waals surface area contributed by atoms with E-state index in [-0.39, 0.29) is 0 Å². The number of aromatic nitrogens is 2. The van der Waals surface area contributed by atoms with Crippen molar-refractivity contribution in [3.05, 3.63) is 29.6 Å². The SMILES string of the molecule is Cc1cc(-c2cnc(C3CCNCC3)[nH]2)c(C)o1. The third kappa shape index (κ3) is 2.08. The molecule has 0 unspecified atom stereocenters. The summed E-state index contributed by atoms with van der Waals surface area (Å²) in [6.07, 6.45) is 4.25. The van der Waals surface area contributed by atoms with Crippen molar-refractivity contribution in [2.75, 3.05) is 13.1 Å². The summed E-state index contributed by atoms with van der Waals surface area (Å²) >= 11 is 0. The lowest BCUT2D eigenvalue weighted by atomic mass is 9.98. The minimum Gasteiger partial charge on any atom is -0.466 e. The first-order valence-electron chi connectivity index (χ1n) is 6.57. The zero-order chi connectivity index (χ0) is 12.5. The van der Waals surface area contributed by atoms with Gasteiger partial charge in [-0.3, -0.25) is 0 Å². The number of rotatable bonds is 2. The van der Waals surface area contributed by atoms with Gasteiger partial charge in [0.2, 0.25) is 0 Å². The molecule has 1 aliphatic rings. The van der Waals surface area contributed by atoms with E-state index in [1.807, 2.05) is 20.0 Å². The standard InChI is InChI=1S/C14H19N3O/c1-9-7-12(10(2)18-9)13-8-16-14(17-13)11-3-5-15-6-4-11/h7-8,11,15H,3-6H2,1-2H3,(H,16,17). The van der Waals surface area contributed by atoms with Gasteiger partial charge in [-0.05, 0) is 45.8 Å². The number of furan rings is 1. The fourth-order valence-electron chi connectivity index (χ4n) is 2.67. The molecule has 2 aromatic heterocycles. The number of nitrogens with one attached hydrogen (secondary N) is 2. The van der Waals surface area contributed by atoms with Gasteiger partial charge in [0, 0.05) is 11.5 Å². The minimum absolute atomic E-state index is 0.563. The fraction of sp³-hybridized carbons (Fsp3) is 0.500. The number of hydrogen-bond donors (Lipinski definition) is 2. The molecule has 1 fully saturated rings. The molecular weight excluding hydrogens is 226 g/mol. The molecule has 0 saturated carbocycles. The molecule has 18 heavy (non-hydrogen) atoms. The molecule has 0 atom stereocenters. The maximum absolute atomic E-state index is 5.57. The molecule has 0 bridgehead atoms. The van der Waals surface area contributed by atoms with E-state index in [0.717, 1.165) is 54.5 Å². The average Bonchev–Trinajstić information content (AvgIpc) is 2.97. The number of nitrogens with zero attached hydrogens (tertiary/aromatic N) is 1. The van der Waals surface area contributed by atoms with Crippen LogP contribution < -0.4 is 5.32 Å². The Labute approximate surface area is 107 Å². The van der Waals surface area contributed by atoms with Gasteiger partial charge in [-0.2, -0.15) is 0 Å². The number of aryl methyl sites for hydroxylation is 2. The van der Waals surface area contributed by atoms with Gasteiger partial charge in [0.25, 0.3) is 0 Å². The molecule has 4 nitrogen and oxygen atoms in total. The maximum Gasteiger partial charge on any atom is 0.110 e. The summed E-state index contributed by atoms with van der Waals surface area (Å²) in [7, 11) is 0. The first-order chi connectivity index (χ1) is 8.74. The van der Waals surface area contributed by atoms with Gasteiger partial charge in [-0.25, -0.2) is 4.98 Å². The van der Waals surface area contributed by atoms with Gasteiger partial charge >= 0.3 is 0 Å². The zero-order valence-electron chi connectivity index (χ0n) is 10.9. The lowest BCUT2D eigenvalue weighted by Crippen LogP contribution is -2.27. The van der Waals surface area contributed by atoms with E-state index < -0.39 is 0 Å². The van der Waals surface area contributed by atoms with E-state index in [0.29, 0.717) is 5.92 Å². The van der Waals surface area contributed by atoms with Crippen LogP contribution in [0, 0.1) is 13.8 Å². The molecule has 1 aliphatic heterocycles. The molecule has 0 radical (unpaired) electrons. The highest BCUT2D eigenvalue weighted by Crippen LogP contribution is 2.28. The van der Waals surface area contributed by atoms with E-state index >= 15 is 0 Å². The second-order valence-electron chi connectivity index (χ2n) is 5.03. The first kappa shape index (κ1) is 11.5. The topological polar surface area (TPSA) is 53.9 Å². The van der Waals surface area contributed by atoms with Crippen molar-refractivity contribution < 1.29 is 4.42 Å². The zero-order valence-corrected chi connectivity index (χ0v) is 10.9. The lowest BCUT2D eigenvalue weighted by molar-refractivity contribution is 0.447. The van der Waals surface area contributed by atoms with Crippen LogP contribution in [0.2, 0.25) is 0 Å². The van der Waals surface area contributed by atoms with Crippen LogP contribution in [0.4, 0.5) is 0 Å². The minimum atomic E-state index is 0.563. The monoisotopic (exact) mass is 245 g/mol. The van der Waals surface area contributed by atoms with Crippen LogP contribution in [0.25, 0.3) is 11.3 Å². The van der Waals surface area contributed by atoms with Crippen LogP contribution in [0.15, 0.2) is 16.7 Å². The van der Waals surface area contributed by atoms with Gasteiger partial charge in [0.15, 0.2) is 0 Å². The van der Waals surface area contributed by atoms with Crippen molar-refractivity contribution in [1.29, 1.82) is 0 Å². The van der Waals surface area contributed by atoms with E-state index in [4.69, 9.17) is 4.42 Å². The Hall–Kier alpha value is -1.55. The lowest BCUT2D eigenvalue weighted by Gasteiger charge is -2.20. The largest absolute Gasteiger partial charge is 0.466 e. The Morgan fingerprint density at radius 2 is 2.06 bits per heavy atom. The quantitative estimate of drug-likeness (QED) is 0.855. The van der Waals surface area contributed by atoms with Crippen molar-refractivity contribution >= 4 is 0 Å². The Kier molecular flexibility index (Phi) is 2.96. The third-order valence-corrected chi connectivity index (χ3v) is 3.65. The summed E-state index contributed by atoms with van der Waals surface area (Å²) in [5.74, 6) is 3.58. The predicted molar refractivity (Wildman–Crippen MR) is 70.6 cm³/mol. The van der Waals surface area contributed by atoms with Crippen molar-refractivity contribution in [2.45, 2.75) is 32.6 Å². The van der Waals surface area contributed by atoms with Gasteiger partial charge in [-0.15, -0.1) is 0 Å². The summed E-state index contributed by atoms with van der Waals surface area (Å²) in [6.45, 7) is 6.14. The summed E-state index contributed by atoms with van der Waals surface area (Å²) in [4.78, 5) is 8.00. The van der Waals surface area contributed by atoms with E-state index in [2.05, 4.69) is 21.4 Å². The molecule has 96 valence electrons. The maximum atomic E-state index is 5.57. The highest BCUT2D eigenvalue weighted by Gasteiger charge is 2.19. The summed E-state index contributed by atoms with van der Waals surface area (Å²) in [5, 5.41) is 3.38. The Balaban J connectivity index is 1.86. The van der Waals surface area contributed by atoms with Crippen LogP contribution in [0.1, 0.15) is 36.1 Å². The second kappa shape index (κ2) is 4.61. The van der Waals surface area contributed by atoms with Crippen LogP contribution in [0.3, 0.4) is 0 Å². The Morgan fingerprint density at radius 1 is 1.28 bits per heavy atom. The van der Waals surface area contributed by atoms with E-state index in [1.54, 1.807) is 0 Å². The van der Waals surface area contributed by atoms with Crippen LogP contribution >= 0.6 is 0 Å². The van der Waals surface area contributed by atoms with Crippen LogP contribution in [-0.2, 0) is 0 Å². The van der Waals surface area contributed by atoms with Gasteiger partial charge in [0.1, 0.15) is 17.3 Å². The molecule has 2 N–H and O–H groups in total. The van der Waals surface area contributed by atoms with Crippen molar-refractivity contribution in [3.63, 3.8) is 0 Å². The van der Waals surface area contributed by atoms with Crippen molar-refractivity contribution in [3.8, 4) is 11.3 Å². The summed E-state index contributed by atoms with van der Waals surface area (Å²) in [5.41, 5.74) is 2.19. The molecule has 4 heteroatoms. The summed E-state index contributed by atoms with van der Waals surface area (Å²) in [6, 6.07) is 2.06. The molecule has 2 aromatic rings. The first-order valence-corrected chi connectivity index (χ1v) is 6.57. The number of aromatic amines is 1. The number of piperidine rings is 1. The van der Waals surface area contributed by atoms with E-state index in [1.165, 1.54) is 0 Å². The van der Waals surface area contributed by atoms with Crippen LogP contribution in [-0.4, -0.2) is 23.1 Å². The number of imidazole rings is 1. The molecule has 3 rings (SSSR count). The van der Waals surface area contributed by atoms with Gasteiger partial charge < -0.3 is 14.7 Å². The highest BCUT2D eigenvalue weighted by atomic mass is 16.3. The van der Waals surface area contributed by atoms with Gasteiger partial charge in [0.05, 0.1) is 11.9 Å². The van der Waals surface area contributed by atoms with Gasteiger partial charge in [-0.1, -0.05) is 0 Å².